The Balaban J connectivity index is 2.77. The number of carboxylic acid groups (broad SMARTS) is 1. The Morgan fingerprint density at radius 2 is 2.33 bits per heavy atom. The van der Waals surface area contributed by atoms with Crippen molar-refractivity contribution in [2.45, 2.75) is 6.92 Å². The first-order valence-electron chi connectivity index (χ1n) is 3.52. The highest BCUT2D eigenvalue weighted by molar-refractivity contribution is 5.85. The predicted molar refractivity (Wildman–Crippen MR) is 45.6 cm³/mol. The summed E-state index contributed by atoms with van der Waals surface area (Å²) in [5.74, 6) is -0.949. The second-order valence-electron chi connectivity index (χ2n) is 2.40. The number of rotatable bonds is 2. The highest BCUT2D eigenvalue weighted by Gasteiger charge is 1.89. The monoisotopic (exact) mass is 163 g/mol. The van der Waals surface area contributed by atoms with E-state index in [4.69, 9.17) is 5.11 Å². The summed E-state index contributed by atoms with van der Waals surface area (Å²) >= 11 is 0. The van der Waals surface area contributed by atoms with Crippen LogP contribution < -0.4 is 0 Å². The Hall–Kier alpha value is -1.64. The first kappa shape index (κ1) is 8.46. The molecule has 0 fully saturated rings. The number of pyridine rings is 1. The summed E-state index contributed by atoms with van der Waals surface area (Å²) in [4.78, 5) is 14.1. The molecule has 1 aromatic heterocycles. The van der Waals surface area contributed by atoms with Gasteiger partial charge in [0.1, 0.15) is 0 Å². The molecule has 0 atom stereocenters. The Morgan fingerprint density at radius 3 is 2.83 bits per heavy atom. The molecular weight excluding hydrogens is 154 g/mol. The lowest BCUT2D eigenvalue weighted by molar-refractivity contribution is -0.131. The van der Waals surface area contributed by atoms with Crippen molar-refractivity contribution in [1.29, 1.82) is 0 Å². The third kappa shape index (κ3) is 2.54. The van der Waals surface area contributed by atoms with Gasteiger partial charge < -0.3 is 5.11 Å². The van der Waals surface area contributed by atoms with E-state index in [2.05, 4.69) is 4.98 Å². The zero-order valence-electron chi connectivity index (χ0n) is 6.69. The SMILES string of the molecule is Cc1ccc(/C=C\C(=O)O)cn1. The minimum atomic E-state index is -0.949. The van der Waals surface area contributed by atoms with Crippen molar-refractivity contribution < 1.29 is 9.90 Å². The fraction of sp³-hybridized carbons (Fsp3) is 0.111. The van der Waals surface area contributed by atoms with Gasteiger partial charge in [-0.1, -0.05) is 6.07 Å². The molecule has 1 aromatic rings. The lowest BCUT2D eigenvalue weighted by Crippen LogP contribution is -1.86. The summed E-state index contributed by atoms with van der Waals surface area (Å²) in [6, 6.07) is 3.66. The van der Waals surface area contributed by atoms with Crippen LogP contribution in [0.5, 0.6) is 0 Å². The van der Waals surface area contributed by atoms with Gasteiger partial charge in [-0.3, -0.25) is 4.98 Å². The Morgan fingerprint density at radius 1 is 1.58 bits per heavy atom. The third-order valence-electron chi connectivity index (χ3n) is 1.35. The molecule has 0 spiro atoms. The standard InChI is InChI=1S/C9H9NO2/c1-7-2-3-8(6-10-7)4-5-9(11)12/h2-6H,1H3,(H,11,12)/b5-4-. The minimum absolute atomic E-state index is 0.794. The van der Waals surface area contributed by atoms with Gasteiger partial charge in [0.2, 0.25) is 0 Å². The number of hydrogen-bond acceptors (Lipinski definition) is 2. The van der Waals surface area contributed by atoms with E-state index in [0.29, 0.717) is 0 Å². The minimum Gasteiger partial charge on any atom is -0.478 e. The summed E-state index contributed by atoms with van der Waals surface area (Å²) < 4.78 is 0. The highest BCUT2D eigenvalue weighted by Crippen LogP contribution is 2.00. The van der Waals surface area contributed by atoms with E-state index >= 15 is 0 Å². The van der Waals surface area contributed by atoms with Crippen LogP contribution in [0.3, 0.4) is 0 Å². The molecule has 0 aliphatic heterocycles. The van der Waals surface area contributed by atoms with Crippen molar-refractivity contribution in [3.63, 3.8) is 0 Å². The van der Waals surface area contributed by atoms with Gasteiger partial charge in [0, 0.05) is 18.0 Å². The van der Waals surface area contributed by atoms with E-state index in [1.54, 1.807) is 6.20 Å². The smallest absolute Gasteiger partial charge is 0.328 e. The summed E-state index contributed by atoms with van der Waals surface area (Å²) in [6.45, 7) is 1.88. The van der Waals surface area contributed by atoms with Gasteiger partial charge in [-0.05, 0) is 24.6 Å². The molecule has 62 valence electrons. The quantitative estimate of drug-likeness (QED) is 0.672. The Kier molecular flexibility index (Phi) is 2.58. The lowest BCUT2D eigenvalue weighted by atomic mass is 10.2. The fourth-order valence-electron chi connectivity index (χ4n) is 0.745. The lowest BCUT2D eigenvalue weighted by Gasteiger charge is -1.92. The molecule has 0 amide bonds. The van der Waals surface area contributed by atoms with Crippen LogP contribution in [0.25, 0.3) is 6.08 Å². The van der Waals surface area contributed by atoms with Crippen molar-refractivity contribution in [2.24, 2.45) is 0 Å². The predicted octanol–water partition coefficient (Wildman–Crippen LogP) is 1.49. The van der Waals surface area contributed by atoms with Gasteiger partial charge in [-0.25, -0.2) is 4.79 Å². The topological polar surface area (TPSA) is 50.2 Å². The molecule has 0 unspecified atom stereocenters. The molecule has 0 bridgehead atoms. The first-order chi connectivity index (χ1) is 5.68. The molecule has 0 radical (unpaired) electrons. The largest absolute Gasteiger partial charge is 0.478 e. The molecule has 1 rings (SSSR count). The number of carbonyl (C=O) groups is 1. The average molecular weight is 163 g/mol. The summed E-state index contributed by atoms with van der Waals surface area (Å²) in [6.07, 6.45) is 4.23. The van der Waals surface area contributed by atoms with Crippen LogP contribution in [0.1, 0.15) is 11.3 Å². The van der Waals surface area contributed by atoms with Crippen LogP contribution in [0.2, 0.25) is 0 Å². The summed E-state index contributed by atoms with van der Waals surface area (Å²) in [5, 5.41) is 8.32. The second kappa shape index (κ2) is 3.67. The van der Waals surface area contributed by atoms with E-state index in [9.17, 15) is 4.79 Å². The zero-order chi connectivity index (χ0) is 8.97. The molecule has 12 heavy (non-hydrogen) atoms. The van der Waals surface area contributed by atoms with Crippen LogP contribution >= 0.6 is 0 Å². The van der Waals surface area contributed by atoms with Crippen molar-refractivity contribution in [2.75, 3.05) is 0 Å². The molecule has 0 saturated heterocycles. The van der Waals surface area contributed by atoms with E-state index < -0.39 is 5.97 Å². The van der Waals surface area contributed by atoms with E-state index in [-0.39, 0.29) is 0 Å². The van der Waals surface area contributed by atoms with Gasteiger partial charge in [0.15, 0.2) is 0 Å². The van der Waals surface area contributed by atoms with Gasteiger partial charge in [-0.2, -0.15) is 0 Å². The normalized spacial score (nSPS) is 10.4. The summed E-state index contributed by atoms with van der Waals surface area (Å²) in [5.41, 5.74) is 1.71. The van der Waals surface area contributed by atoms with Crippen LogP contribution in [0, 0.1) is 6.92 Å². The third-order valence-corrected chi connectivity index (χ3v) is 1.35. The average Bonchev–Trinajstić information content (AvgIpc) is 2.03. The fourth-order valence-corrected chi connectivity index (χ4v) is 0.745. The number of aromatic nitrogens is 1. The van der Waals surface area contributed by atoms with Crippen LogP contribution in [-0.2, 0) is 4.79 Å². The second-order valence-corrected chi connectivity index (χ2v) is 2.40. The molecule has 3 nitrogen and oxygen atoms in total. The zero-order valence-corrected chi connectivity index (χ0v) is 6.69. The number of hydrogen-bond donors (Lipinski definition) is 1. The first-order valence-corrected chi connectivity index (χ1v) is 3.52. The molecule has 3 heteroatoms. The van der Waals surface area contributed by atoms with Crippen molar-refractivity contribution in [3.05, 3.63) is 35.7 Å². The van der Waals surface area contributed by atoms with Crippen molar-refractivity contribution in [3.8, 4) is 0 Å². The number of nitrogens with zero attached hydrogens (tertiary/aromatic N) is 1. The van der Waals surface area contributed by atoms with Crippen molar-refractivity contribution >= 4 is 12.0 Å². The molecule has 1 heterocycles. The summed E-state index contributed by atoms with van der Waals surface area (Å²) in [7, 11) is 0. The van der Waals surface area contributed by atoms with Crippen LogP contribution in [0.4, 0.5) is 0 Å². The number of aliphatic carboxylic acids is 1. The van der Waals surface area contributed by atoms with Crippen molar-refractivity contribution in [1.82, 2.24) is 4.98 Å². The molecule has 0 saturated carbocycles. The molecule has 0 aromatic carbocycles. The maximum Gasteiger partial charge on any atom is 0.328 e. The van der Waals surface area contributed by atoms with Gasteiger partial charge in [0.25, 0.3) is 0 Å². The maximum atomic E-state index is 10.1. The van der Waals surface area contributed by atoms with Gasteiger partial charge >= 0.3 is 5.97 Å². The van der Waals surface area contributed by atoms with E-state index in [1.165, 1.54) is 6.08 Å². The van der Waals surface area contributed by atoms with E-state index in [0.717, 1.165) is 17.3 Å². The number of carboxylic acids is 1. The molecular formula is C9H9NO2. The molecule has 1 N–H and O–H groups in total. The van der Waals surface area contributed by atoms with Crippen LogP contribution in [0.15, 0.2) is 24.4 Å². The molecule has 0 aliphatic carbocycles. The molecule has 0 aliphatic rings. The van der Waals surface area contributed by atoms with Gasteiger partial charge in [0.05, 0.1) is 0 Å². The Bertz CT molecular complexity index is 301. The number of aryl methyl sites for hydroxylation is 1. The maximum absolute atomic E-state index is 10.1. The van der Waals surface area contributed by atoms with Gasteiger partial charge in [-0.15, -0.1) is 0 Å². The highest BCUT2D eigenvalue weighted by atomic mass is 16.4. The van der Waals surface area contributed by atoms with E-state index in [1.807, 2.05) is 19.1 Å². The Labute approximate surface area is 70.4 Å². The van der Waals surface area contributed by atoms with Crippen LogP contribution in [-0.4, -0.2) is 16.1 Å².